The van der Waals surface area contributed by atoms with Crippen molar-refractivity contribution in [3.63, 3.8) is 0 Å². The Hall–Kier alpha value is -2.93. The summed E-state index contributed by atoms with van der Waals surface area (Å²) in [5.74, 6) is 2.71. The molecular formula is C20H23N5O2. The third-order valence-electron chi connectivity index (χ3n) is 4.76. The van der Waals surface area contributed by atoms with E-state index in [0.717, 1.165) is 31.2 Å². The molecule has 0 saturated carbocycles. The molecule has 0 unspecified atom stereocenters. The summed E-state index contributed by atoms with van der Waals surface area (Å²) < 4.78 is 13.3. The first kappa shape index (κ1) is 17.5. The van der Waals surface area contributed by atoms with Crippen LogP contribution in [0.3, 0.4) is 0 Å². The highest BCUT2D eigenvalue weighted by molar-refractivity contribution is 5.49. The van der Waals surface area contributed by atoms with Crippen LogP contribution in [-0.2, 0) is 13.6 Å². The van der Waals surface area contributed by atoms with Gasteiger partial charge < -0.3 is 14.0 Å². The van der Waals surface area contributed by atoms with Gasteiger partial charge in [0, 0.05) is 43.7 Å². The number of hydrogen-bond acceptors (Lipinski definition) is 6. The summed E-state index contributed by atoms with van der Waals surface area (Å²) >= 11 is 0. The summed E-state index contributed by atoms with van der Waals surface area (Å²) in [4.78, 5) is 6.72. The maximum Gasteiger partial charge on any atom is 0.238 e. The lowest BCUT2D eigenvalue weighted by atomic mass is 10.2. The molecule has 3 heterocycles. The highest BCUT2D eigenvalue weighted by Crippen LogP contribution is 2.29. The van der Waals surface area contributed by atoms with Crippen molar-refractivity contribution >= 4 is 0 Å². The summed E-state index contributed by atoms with van der Waals surface area (Å²) in [6, 6.07) is 9.55. The van der Waals surface area contributed by atoms with E-state index in [9.17, 15) is 0 Å². The third-order valence-corrected chi connectivity index (χ3v) is 4.76. The topological polar surface area (TPSA) is 65.3 Å². The summed E-state index contributed by atoms with van der Waals surface area (Å²) in [5, 5.41) is 8.37. The van der Waals surface area contributed by atoms with Gasteiger partial charge in [0.1, 0.15) is 17.2 Å². The largest absolute Gasteiger partial charge is 0.496 e. The van der Waals surface area contributed by atoms with Crippen molar-refractivity contribution in [3.8, 4) is 28.9 Å². The van der Waals surface area contributed by atoms with E-state index in [0.29, 0.717) is 17.3 Å². The molecule has 0 atom stereocenters. The normalized spacial score (nSPS) is 14.4. The smallest absolute Gasteiger partial charge is 0.238 e. The molecule has 1 fully saturated rings. The van der Waals surface area contributed by atoms with E-state index in [-0.39, 0.29) is 0 Å². The van der Waals surface area contributed by atoms with Crippen molar-refractivity contribution in [1.29, 1.82) is 0 Å². The molecule has 140 valence electrons. The number of benzene rings is 1. The number of rotatable bonds is 6. The second-order valence-electron chi connectivity index (χ2n) is 6.68. The number of aromatic nitrogens is 4. The molecule has 7 heteroatoms. The summed E-state index contributed by atoms with van der Waals surface area (Å²) in [6.45, 7) is 3.21. The lowest BCUT2D eigenvalue weighted by molar-refractivity contribution is 0.320. The maximum atomic E-state index is 5.85. The number of aryl methyl sites for hydroxylation is 1. The fourth-order valence-electron chi connectivity index (χ4n) is 3.33. The van der Waals surface area contributed by atoms with Gasteiger partial charge in [-0.3, -0.25) is 4.90 Å². The number of imidazole rings is 1. The number of ether oxygens (including phenoxy) is 2. The molecule has 1 aliphatic rings. The Morgan fingerprint density at radius 2 is 1.93 bits per heavy atom. The van der Waals surface area contributed by atoms with Crippen LogP contribution in [0.25, 0.3) is 11.5 Å². The molecule has 27 heavy (non-hydrogen) atoms. The molecule has 1 aromatic carbocycles. The first-order valence-electron chi connectivity index (χ1n) is 9.11. The average Bonchev–Trinajstić information content (AvgIpc) is 3.35. The maximum absolute atomic E-state index is 5.85. The fraction of sp³-hybridized carbons (Fsp3) is 0.350. The van der Waals surface area contributed by atoms with Crippen molar-refractivity contribution in [2.75, 3.05) is 20.2 Å². The van der Waals surface area contributed by atoms with E-state index in [1.54, 1.807) is 19.4 Å². The van der Waals surface area contributed by atoms with Gasteiger partial charge in [0.05, 0.1) is 7.11 Å². The van der Waals surface area contributed by atoms with Gasteiger partial charge in [-0.05, 0) is 38.1 Å². The van der Waals surface area contributed by atoms with Crippen LogP contribution in [-0.4, -0.2) is 44.8 Å². The quantitative estimate of drug-likeness (QED) is 0.668. The Bertz CT molecular complexity index is 901. The monoisotopic (exact) mass is 365 g/mol. The Morgan fingerprint density at radius 1 is 1.07 bits per heavy atom. The van der Waals surface area contributed by atoms with Crippen LogP contribution in [0.1, 0.15) is 18.4 Å². The van der Waals surface area contributed by atoms with Gasteiger partial charge in [-0.25, -0.2) is 4.98 Å². The number of nitrogens with zero attached hydrogens (tertiary/aromatic N) is 5. The first-order valence-corrected chi connectivity index (χ1v) is 9.11. The Kier molecular flexibility index (Phi) is 5.02. The molecule has 2 aromatic heterocycles. The van der Waals surface area contributed by atoms with E-state index in [1.807, 2.05) is 36.0 Å². The summed E-state index contributed by atoms with van der Waals surface area (Å²) in [6.07, 6.45) is 6.15. The molecule has 0 amide bonds. The minimum absolute atomic E-state index is 0.433. The van der Waals surface area contributed by atoms with E-state index in [4.69, 9.17) is 9.47 Å². The highest BCUT2D eigenvalue weighted by Gasteiger charge is 2.15. The zero-order chi connectivity index (χ0) is 18.6. The molecular weight excluding hydrogens is 342 g/mol. The van der Waals surface area contributed by atoms with Crippen LogP contribution >= 0.6 is 0 Å². The SMILES string of the molecule is COc1cc(Oc2ccc(-c3nccn3C)nn2)ccc1CN1CCCC1. The molecule has 4 rings (SSSR count). The predicted octanol–water partition coefficient (Wildman–Crippen LogP) is 3.27. The minimum atomic E-state index is 0.433. The zero-order valence-electron chi connectivity index (χ0n) is 15.6. The molecule has 0 bridgehead atoms. The van der Waals surface area contributed by atoms with Crippen LogP contribution in [0.4, 0.5) is 0 Å². The van der Waals surface area contributed by atoms with Gasteiger partial charge in [-0.15, -0.1) is 10.2 Å². The van der Waals surface area contributed by atoms with Crippen LogP contribution in [0, 0.1) is 0 Å². The van der Waals surface area contributed by atoms with Crippen molar-refractivity contribution in [3.05, 3.63) is 48.3 Å². The first-order chi connectivity index (χ1) is 13.2. The van der Waals surface area contributed by atoms with Crippen molar-refractivity contribution in [2.24, 2.45) is 7.05 Å². The van der Waals surface area contributed by atoms with Crippen molar-refractivity contribution in [2.45, 2.75) is 19.4 Å². The lowest BCUT2D eigenvalue weighted by Crippen LogP contribution is -2.18. The molecule has 0 aliphatic carbocycles. The van der Waals surface area contributed by atoms with Crippen molar-refractivity contribution < 1.29 is 9.47 Å². The minimum Gasteiger partial charge on any atom is -0.496 e. The number of likely N-dealkylation sites (tertiary alicyclic amines) is 1. The van der Waals surface area contributed by atoms with Crippen LogP contribution in [0.15, 0.2) is 42.7 Å². The average molecular weight is 365 g/mol. The molecule has 0 radical (unpaired) electrons. The van der Waals surface area contributed by atoms with Gasteiger partial charge >= 0.3 is 0 Å². The van der Waals surface area contributed by atoms with E-state index >= 15 is 0 Å². The molecule has 3 aromatic rings. The Labute approximate surface area is 158 Å². The van der Waals surface area contributed by atoms with Crippen LogP contribution in [0.2, 0.25) is 0 Å². The third kappa shape index (κ3) is 3.93. The zero-order valence-corrected chi connectivity index (χ0v) is 15.6. The second kappa shape index (κ2) is 7.75. The van der Waals surface area contributed by atoms with Gasteiger partial charge in [-0.2, -0.15) is 0 Å². The molecule has 7 nitrogen and oxygen atoms in total. The Morgan fingerprint density at radius 3 is 2.59 bits per heavy atom. The summed E-state index contributed by atoms with van der Waals surface area (Å²) in [5.41, 5.74) is 1.87. The molecule has 1 aliphatic heterocycles. The summed E-state index contributed by atoms with van der Waals surface area (Å²) in [7, 11) is 3.61. The highest BCUT2D eigenvalue weighted by atomic mass is 16.5. The second-order valence-corrected chi connectivity index (χ2v) is 6.68. The molecule has 0 spiro atoms. The van der Waals surface area contributed by atoms with Gasteiger partial charge in [0.25, 0.3) is 0 Å². The lowest BCUT2D eigenvalue weighted by Gasteiger charge is -2.17. The number of hydrogen-bond donors (Lipinski definition) is 0. The van der Waals surface area contributed by atoms with E-state index in [2.05, 4.69) is 26.1 Å². The molecule has 1 saturated heterocycles. The number of methoxy groups -OCH3 is 1. The van der Waals surface area contributed by atoms with E-state index < -0.39 is 0 Å². The van der Waals surface area contributed by atoms with Crippen molar-refractivity contribution in [1.82, 2.24) is 24.6 Å². The molecule has 0 N–H and O–H groups in total. The van der Waals surface area contributed by atoms with Crippen LogP contribution in [0.5, 0.6) is 17.4 Å². The van der Waals surface area contributed by atoms with Gasteiger partial charge in [0.15, 0.2) is 5.82 Å². The van der Waals surface area contributed by atoms with Gasteiger partial charge in [0.2, 0.25) is 5.88 Å². The van der Waals surface area contributed by atoms with E-state index in [1.165, 1.54) is 18.4 Å². The predicted molar refractivity (Wildman–Crippen MR) is 102 cm³/mol. The van der Waals surface area contributed by atoms with Crippen LogP contribution < -0.4 is 9.47 Å². The Balaban J connectivity index is 1.48. The van der Waals surface area contributed by atoms with Gasteiger partial charge in [-0.1, -0.05) is 6.07 Å². The fourth-order valence-corrected chi connectivity index (χ4v) is 3.33. The standard InChI is InChI=1S/C20H23N5O2/c1-24-12-9-21-20(24)17-7-8-19(23-22-17)27-16-6-5-15(18(13-16)26-2)14-25-10-3-4-11-25/h5-9,12-13H,3-4,10-11,14H2,1-2H3.